The molecule has 3 rings (SSSR count). The minimum atomic E-state index is -0.103. The second kappa shape index (κ2) is 10.9. The van der Waals surface area contributed by atoms with E-state index in [1.54, 1.807) is 49.1 Å². The number of hydrogen-bond acceptors (Lipinski definition) is 6. The van der Waals surface area contributed by atoms with E-state index in [1.807, 2.05) is 24.3 Å². The van der Waals surface area contributed by atoms with Crippen LogP contribution in [0.4, 0.5) is 0 Å². The van der Waals surface area contributed by atoms with Gasteiger partial charge >= 0.3 is 0 Å². The summed E-state index contributed by atoms with van der Waals surface area (Å²) in [4.78, 5) is 19.9. The van der Waals surface area contributed by atoms with Crippen molar-refractivity contribution in [3.8, 4) is 5.75 Å². The summed E-state index contributed by atoms with van der Waals surface area (Å²) in [5.74, 6) is 1.41. The van der Waals surface area contributed by atoms with E-state index >= 15 is 0 Å². The van der Waals surface area contributed by atoms with Gasteiger partial charge in [0.1, 0.15) is 5.75 Å². The van der Waals surface area contributed by atoms with Crippen LogP contribution in [0, 0.1) is 0 Å². The molecule has 0 bridgehead atoms. The number of aromatic nitrogens is 1. The lowest BCUT2D eigenvalue weighted by Gasteiger charge is -2.05. The zero-order valence-corrected chi connectivity index (χ0v) is 19.2. The van der Waals surface area contributed by atoms with Gasteiger partial charge in [0.05, 0.1) is 23.9 Å². The molecule has 0 aliphatic heterocycles. The number of benzene rings is 2. The molecule has 1 heterocycles. The van der Waals surface area contributed by atoms with Crippen molar-refractivity contribution in [3.05, 3.63) is 47.3 Å². The third-order valence-corrected chi connectivity index (χ3v) is 7.05. The number of methoxy groups -OCH3 is 2. The Morgan fingerprint density at radius 2 is 1.90 bits per heavy atom. The molecule has 29 heavy (non-hydrogen) atoms. The maximum absolute atomic E-state index is 12.5. The first-order valence-corrected chi connectivity index (χ1v) is 12.2. The number of thioether (sulfide) groups is 2. The van der Waals surface area contributed by atoms with Crippen LogP contribution in [0.25, 0.3) is 10.2 Å². The van der Waals surface area contributed by atoms with Crippen molar-refractivity contribution in [3.63, 3.8) is 0 Å². The fourth-order valence-corrected chi connectivity index (χ4v) is 5.22. The number of hydrogen-bond donors (Lipinski definition) is 0. The second-order valence-corrected chi connectivity index (χ2v) is 9.20. The number of thiazole rings is 1. The average Bonchev–Trinajstić information content (AvgIpc) is 3.08. The van der Waals surface area contributed by atoms with Crippen molar-refractivity contribution in [2.24, 2.45) is 4.99 Å². The monoisotopic (exact) mass is 448 g/mol. The maximum Gasteiger partial charge on any atom is 0.249 e. The third kappa shape index (κ3) is 5.88. The molecule has 0 aliphatic rings. The van der Waals surface area contributed by atoms with Crippen molar-refractivity contribution >= 4 is 51.0 Å². The van der Waals surface area contributed by atoms with Crippen LogP contribution in [0.15, 0.2) is 57.2 Å². The molecule has 0 spiro atoms. The minimum Gasteiger partial charge on any atom is -0.497 e. The predicted octanol–water partition coefficient (Wildman–Crippen LogP) is 4.69. The summed E-state index contributed by atoms with van der Waals surface area (Å²) in [5.41, 5.74) is 1.09. The van der Waals surface area contributed by atoms with Crippen LogP contribution < -0.4 is 9.54 Å². The number of rotatable bonds is 9. The first-order valence-electron chi connectivity index (χ1n) is 9.15. The van der Waals surface area contributed by atoms with Crippen LogP contribution in [0.3, 0.4) is 0 Å². The molecule has 0 saturated heterocycles. The molecule has 0 N–H and O–H groups in total. The number of amides is 1. The molecule has 0 saturated carbocycles. The number of fused-ring (bicyclic) bond motifs is 1. The van der Waals surface area contributed by atoms with Gasteiger partial charge in [-0.3, -0.25) is 4.79 Å². The number of carbonyl (C=O) groups is 1. The van der Waals surface area contributed by atoms with Crippen LogP contribution in [0.5, 0.6) is 5.75 Å². The summed E-state index contributed by atoms with van der Waals surface area (Å²) in [7, 11) is 3.33. The van der Waals surface area contributed by atoms with E-state index < -0.39 is 0 Å². The SMILES string of the molecule is COCCn1c(=NC(=O)CCSc2ccc(OC)cc2)sc2cc(SC)ccc21. The van der Waals surface area contributed by atoms with Gasteiger partial charge in [-0.25, -0.2) is 0 Å². The molecule has 0 radical (unpaired) electrons. The van der Waals surface area contributed by atoms with Gasteiger partial charge in [-0.2, -0.15) is 4.99 Å². The van der Waals surface area contributed by atoms with Crippen molar-refractivity contribution in [1.29, 1.82) is 0 Å². The summed E-state index contributed by atoms with van der Waals surface area (Å²) in [5, 5.41) is 0. The first kappa shape index (κ1) is 22.0. The number of nitrogens with zero attached hydrogens (tertiary/aromatic N) is 2. The predicted molar refractivity (Wildman–Crippen MR) is 122 cm³/mol. The summed E-state index contributed by atoms with van der Waals surface area (Å²) in [6.07, 6.45) is 2.45. The highest BCUT2D eigenvalue weighted by atomic mass is 32.2. The molecule has 0 fully saturated rings. The molecule has 1 aromatic heterocycles. The average molecular weight is 449 g/mol. The van der Waals surface area contributed by atoms with Crippen LogP contribution in [0.2, 0.25) is 0 Å². The quantitative estimate of drug-likeness (QED) is 0.445. The van der Waals surface area contributed by atoms with Crippen molar-refractivity contribution in [2.75, 3.05) is 32.8 Å². The third-order valence-electron chi connectivity index (χ3n) is 4.27. The van der Waals surface area contributed by atoms with Gasteiger partial charge < -0.3 is 14.0 Å². The summed E-state index contributed by atoms with van der Waals surface area (Å²) >= 11 is 4.90. The van der Waals surface area contributed by atoms with E-state index in [1.165, 1.54) is 4.90 Å². The van der Waals surface area contributed by atoms with Gasteiger partial charge in [-0.1, -0.05) is 11.3 Å². The van der Waals surface area contributed by atoms with Crippen molar-refractivity contribution < 1.29 is 14.3 Å². The van der Waals surface area contributed by atoms with E-state index in [0.29, 0.717) is 25.3 Å². The lowest BCUT2D eigenvalue weighted by molar-refractivity contribution is -0.117. The van der Waals surface area contributed by atoms with E-state index in [0.717, 1.165) is 25.7 Å². The molecular formula is C21H24N2O3S3. The van der Waals surface area contributed by atoms with Gasteiger partial charge in [-0.15, -0.1) is 23.5 Å². The van der Waals surface area contributed by atoms with E-state index in [2.05, 4.69) is 34.0 Å². The zero-order chi connectivity index (χ0) is 20.6. The second-order valence-electron chi connectivity index (χ2n) is 6.14. The number of carbonyl (C=O) groups excluding carboxylic acids is 1. The number of ether oxygens (including phenoxy) is 2. The summed E-state index contributed by atoms with van der Waals surface area (Å²) < 4.78 is 13.6. The molecule has 3 aromatic rings. The fraction of sp³-hybridized carbons (Fsp3) is 0.333. The maximum atomic E-state index is 12.5. The molecule has 2 aromatic carbocycles. The molecule has 0 unspecified atom stereocenters. The molecule has 154 valence electrons. The van der Waals surface area contributed by atoms with Gasteiger partial charge in [0.15, 0.2) is 4.80 Å². The Hall–Kier alpha value is -1.74. The smallest absolute Gasteiger partial charge is 0.249 e. The lowest BCUT2D eigenvalue weighted by atomic mass is 10.3. The van der Waals surface area contributed by atoms with E-state index in [4.69, 9.17) is 9.47 Å². The van der Waals surface area contributed by atoms with Gasteiger partial charge in [-0.05, 0) is 48.7 Å². The summed E-state index contributed by atoms with van der Waals surface area (Å²) in [6, 6.07) is 14.2. The van der Waals surface area contributed by atoms with E-state index in [-0.39, 0.29) is 5.91 Å². The Kier molecular flexibility index (Phi) is 8.23. The first-order chi connectivity index (χ1) is 14.1. The Morgan fingerprint density at radius 1 is 1.14 bits per heavy atom. The molecule has 0 atom stereocenters. The van der Waals surface area contributed by atoms with Crippen LogP contribution in [0.1, 0.15) is 6.42 Å². The van der Waals surface area contributed by atoms with Crippen molar-refractivity contribution in [2.45, 2.75) is 22.8 Å². The standard InChI is InChI=1S/C21H24N2O3S3/c1-25-12-11-23-18-9-8-17(27-3)14-19(18)29-21(23)22-20(24)10-13-28-16-6-4-15(26-2)5-7-16/h4-9,14H,10-13H2,1-3H3. The normalized spacial score (nSPS) is 11.9. The van der Waals surface area contributed by atoms with Crippen molar-refractivity contribution in [1.82, 2.24) is 4.57 Å². The molecular weight excluding hydrogens is 424 g/mol. The van der Waals surface area contributed by atoms with Crippen LogP contribution >= 0.6 is 34.9 Å². The van der Waals surface area contributed by atoms with Gasteiger partial charge in [0.25, 0.3) is 0 Å². The molecule has 0 aliphatic carbocycles. The Labute approximate surface area is 183 Å². The fourth-order valence-electron chi connectivity index (χ4n) is 2.76. The highest BCUT2D eigenvalue weighted by Gasteiger charge is 2.09. The summed E-state index contributed by atoms with van der Waals surface area (Å²) in [6.45, 7) is 1.24. The Bertz CT molecular complexity index is 1030. The minimum absolute atomic E-state index is 0.103. The highest BCUT2D eigenvalue weighted by molar-refractivity contribution is 7.99. The highest BCUT2D eigenvalue weighted by Crippen LogP contribution is 2.24. The molecule has 8 heteroatoms. The lowest BCUT2D eigenvalue weighted by Crippen LogP contribution is -2.19. The zero-order valence-electron chi connectivity index (χ0n) is 16.7. The Morgan fingerprint density at radius 3 is 2.59 bits per heavy atom. The van der Waals surface area contributed by atoms with Crippen LogP contribution in [-0.4, -0.2) is 43.3 Å². The van der Waals surface area contributed by atoms with E-state index in [9.17, 15) is 4.79 Å². The van der Waals surface area contributed by atoms with Gasteiger partial charge in [0, 0.05) is 35.6 Å². The molecule has 5 nitrogen and oxygen atoms in total. The van der Waals surface area contributed by atoms with Crippen LogP contribution in [-0.2, 0) is 16.1 Å². The topological polar surface area (TPSA) is 52.8 Å². The van der Waals surface area contributed by atoms with Gasteiger partial charge in [0.2, 0.25) is 5.91 Å². The molecule has 1 amide bonds. The Balaban J connectivity index is 1.73. The largest absolute Gasteiger partial charge is 0.497 e.